The highest BCUT2D eigenvalue weighted by molar-refractivity contribution is 6.31. The van der Waals surface area contributed by atoms with E-state index in [1.807, 2.05) is 12.2 Å². The number of nitrogens with one attached hydrogen (secondary N) is 1. The van der Waals surface area contributed by atoms with Crippen LogP contribution in [0.4, 0.5) is 4.39 Å². The number of halogens is 2. The van der Waals surface area contributed by atoms with Gasteiger partial charge >= 0.3 is 0 Å². The van der Waals surface area contributed by atoms with Gasteiger partial charge in [0.25, 0.3) is 5.91 Å². The highest BCUT2D eigenvalue weighted by Gasteiger charge is 2.47. The maximum absolute atomic E-state index is 13.9. The Morgan fingerprint density at radius 2 is 2.05 bits per heavy atom. The van der Waals surface area contributed by atoms with Crippen molar-refractivity contribution in [2.75, 3.05) is 33.5 Å². The Labute approximate surface area is 230 Å². The van der Waals surface area contributed by atoms with Crippen molar-refractivity contribution in [2.24, 2.45) is 5.92 Å². The molecule has 2 aliphatic rings. The number of fused-ring (bicyclic) bond motifs is 1. The summed E-state index contributed by atoms with van der Waals surface area (Å²) in [5, 5.41) is 23.7. The largest absolute Gasteiger partial charge is 0.493 e. The van der Waals surface area contributed by atoms with E-state index in [-0.39, 0.29) is 30.7 Å². The topological polar surface area (TPSA) is 110 Å². The monoisotopic (exact) mass is 554 g/mol. The number of hydrogen-bond acceptors (Lipinski definition) is 7. The Morgan fingerprint density at radius 1 is 1.23 bits per heavy atom. The van der Waals surface area contributed by atoms with Crippen LogP contribution in [0.2, 0.25) is 5.02 Å². The number of aromatic nitrogens is 1. The molecule has 1 fully saturated rings. The third-order valence-corrected chi connectivity index (χ3v) is 7.10. The number of rotatable bonds is 10. The summed E-state index contributed by atoms with van der Waals surface area (Å²) in [5.41, 5.74) is 0.936. The molecule has 3 N–H and O–H groups in total. The Bertz CT molecular complexity index is 1430. The van der Waals surface area contributed by atoms with Gasteiger partial charge in [-0.3, -0.25) is 4.79 Å². The van der Waals surface area contributed by atoms with Crippen molar-refractivity contribution in [3.63, 3.8) is 0 Å². The van der Waals surface area contributed by atoms with Gasteiger partial charge in [-0.15, -0.1) is 0 Å². The number of nitrogens with zero attached hydrogens (tertiary/aromatic N) is 1. The first-order valence-corrected chi connectivity index (χ1v) is 12.9. The summed E-state index contributed by atoms with van der Waals surface area (Å²) in [5.74, 6) is 0.201. The number of carbonyl (C=O) groups is 1. The summed E-state index contributed by atoms with van der Waals surface area (Å²) in [6, 6.07) is 10.8. The smallest absolute Gasteiger partial charge is 0.251 e. The molecule has 1 aliphatic heterocycles. The zero-order valence-corrected chi connectivity index (χ0v) is 22.0. The van der Waals surface area contributed by atoms with Gasteiger partial charge in [0.2, 0.25) is 0 Å². The number of pyridine rings is 1. The quantitative estimate of drug-likeness (QED) is 0.342. The molecular weight excluding hydrogens is 527 g/mol. The summed E-state index contributed by atoms with van der Waals surface area (Å²) < 4.78 is 30.5. The molecule has 2 aromatic carbocycles. The number of hydrogen-bond donors (Lipinski definition) is 3. The first-order chi connectivity index (χ1) is 18.8. The molecule has 0 spiro atoms. The second kappa shape index (κ2) is 11.2. The van der Waals surface area contributed by atoms with Crippen LogP contribution in [0.25, 0.3) is 17.3 Å². The van der Waals surface area contributed by atoms with Crippen molar-refractivity contribution in [3.05, 3.63) is 76.2 Å². The molecular formula is C29H28ClFN2O6. The second-order valence-electron chi connectivity index (χ2n) is 9.44. The van der Waals surface area contributed by atoms with Crippen molar-refractivity contribution in [3.8, 4) is 28.5 Å². The fourth-order valence-electron chi connectivity index (χ4n) is 4.60. The third kappa shape index (κ3) is 5.56. The van der Waals surface area contributed by atoms with Gasteiger partial charge in [0, 0.05) is 16.7 Å². The highest BCUT2D eigenvalue weighted by Crippen LogP contribution is 2.47. The predicted molar refractivity (Wildman–Crippen MR) is 144 cm³/mol. The standard InChI is InChI=1S/C29H28ClFN2O6/c1-37-24-14-19(5-9-23(24)38-12-10-34)28(35)32-16-29(36,20-6-7-20)25-15-18-3-2-11-39-27(18)26(33-25)17-4-8-22(31)21(30)13-17/h2-5,8-9,13-15,20,34,36H,6-7,10-12,16H2,1H3,(H,32,35). The number of carbonyl (C=O) groups excluding carboxylic acids is 1. The molecule has 1 atom stereocenters. The van der Waals surface area contributed by atoms with Crippen molar-refractivity contribution < 1.29 is 33.6 Å². The summed E-state index contributed by atoms with van der Waals surface area (Å²) >= 11 is 6.05. The number of aliphatic hydroxyl groups excluding tert-OH is 1. The molecule has 8 nitrogen and oxygen atoms in total. The summed E-state index contributed by atoms with van der Waals surface area (Å²) in [6.45, 7) is 0.212. The van der Waals surface area contributed by atoms with E-state index in [9.17, 15) is 14.3 Å². The van der Waals surface area contributed by atoms with E-state index >= 15 is 0 Å². The van der Waals surface area contributed by atoms with Gasteiger partial charge in [0.1, 0.15) is 30.3 Å². The normalized spacial score (nSPS) is 15.6. The van der Waals surface area contributed by atoms with Crippen molar-refractivity contribution in [1.82, 2.24) is 10.3 Å². The molecule has 39 heavy (non-hydrogen) atoms. The number of ether oxygens (including phenoxy) is 3. The van der Waals surface area contributed by atoms with E-state index in [0.717, 1.165) is 18.4 Å². The van der Waals surface area contributed by atoms with Gasteiger partial charge in [0.15, 0.2) is 17.2 Å². The lowest BCUT2D eigenvalue weighted by molar-refractivity contribution is 0.00949. The molecule has 0 saturated heterocycles. The SMILES string of the molecule is COc1cc(C(=O)NCC(O)(c2cc3c(c(-c4ccc(F)c(Cl)c4)n2)OCC=C3)C2CC2)ccc1OCCO. The lowest BCUT2D eigenvalue weighted by Gasteiger charge is -2.30. The zero-order chi connectivity index (χ0) is 27.6. The van der Waals surface area contributed by atoms with Crippen LogP contribution in [0.1, 0.15) is 34.5 Å². The van der Waals surface area contributed by atoms with Crippen LogP contribution in [-0.2, 0) is 5.60 Å². The first kappa shape index (κ1) is 26.9. The molecule has 1 amide bonds. The predicted octanol–water partition coefficient (Wildman–Crippen LogP) is 4.35. The lowest BCUT2D eigenvalue weighted by atomic mass is 9.90. The number of aliphatic hydroxyl groups is 2. The van der Waals surface area contributed by atoms with Crippen LogP contribution >= 0.6 is 11.6 Å². The van der Waals surface area contributed by atoms with Crippen LogP contribution in [-0.4, -0.2) is 54.6 Å². The molecule has 2 heterocycles. The molecule has 1 unspecified atom stereocenters. The van der Waals surface area contributed by atoms with Crippen LogP contribution in [0, 0.1) is 11.7 Å². The van der Waals surface area contributed by atoms with Gasteiger partial charge in [-0.05, 0) is 67.3 Å². The number of benzene rings is 2. The number of methoxy groups -OCH3 is 1. The average Bonchev–Trinajstić information content (AvgIpc) is 3.82. The first-order valence-electron chi connectivity index (χ1n) is 12.6. The zero-order valence-electron chi connectivity index (χ0n) is 21.2. The molecule has 0 radical (unpaired) electrons. The van der Waals surface area contributed by atoms with Gasteiger partial charge in [-0.2, -0.15) is 0 Å². The molecule has 1 aliphatic carbocycles. The van der Waals surface area contributed by atoms with Gasteiger partial charge in [0.05, 0.1) is 31.0 Å². The Kier molecular flexibility index (Phi) is 7.74. The summed E-state index contributed by atoms with van der Waals surface area (Å²) in [6.07, 6.45) is 5.30. The van der Waals surface area contributed by atoms with Crippen molar-refractivity contribution in [1.29, 1.82) is 0 Å². The van der Waals surface area contributed by atoms with E-state index in [0.29, 0.717) is 46.4 Å². The Hall–Kier alpha value is -3.66. The van der Waals surface area contributed by atoms with Gasteiger partial charge < -0.3 is 29.7 Å². The van der Waals surface area contributed by atoms with E-state index in [4.69, 9.17) is 35.9 Å². The molecule has 0 bridgehead atoms. The summed E-state index contributed by atoms with van der Waals surface area (Å²) in [4.78, 5) is 17.9. The van der Waals surface area contributed by atoms with Crippen molar-refractivity contribution in [2.45, 2.75) is 18.4 Å². The van der Waals surface area contributed by atoms with Crippen LogP contribution in [0.3, 0.4) is 0 Å². The van der Waals surface area contributed by atoms with Crippen LogP contribution in [0.15, 0.2) is 48.5 Å². The Morgan fingerprint density at radius 3 is 2.77 bits per heavy atom. The fraction of sp³-hybridized carbons (Fsp3) is 0.310. The molecule has 5 rings (SSSR count). The van der Waals surface area contributed by atoms with E-state index in [2.05, 4.69) is 5.32 Å². The third-order valence-electron chi connectivity index (χ3n) is 6.81. The average molecular weight is 555 g/mol. The van der Waals surface area contributed by atoms with Crippen molar-refractivity contribution >= 4 is 23.6 Å². The van der Waals surface area contributed by atoms with Gasteiger partial charge in [-0.25, -0.2) is 9.37 Å². The molecule has 3 aromatic rings. The minimum Gasteiger partial charge on any atom is -0.493 e. The summed E-state index contributed by atoms with van der Waals surface area (Å²) in [7, 11) is 1.46. The molecule has 10 heteroatoms. The second-order valence-corrected chi connectivity index (χ2v) is 9.84. The lowest BCUT2D eigenvalue weighted by Crippen LogP contribution is -2.43. The van der Waals surface area contributed by atoms with Crippen LogP contribution in [0.5, 0.6) is 17.2 Å². The molecule has 1 aromatic heterocycles. The Balaban J connectivity index is 1.45. The van der Waals surface area contributed by atoms with Gasteiger partial charge in [-0.1, -0.05) is 17.7 Å². The fourth-order valence-corrected chi connectivity index (χ4v) is 4.78. The maximum atomic E-state index is 13.9. The van der Waals surface area contributed by atoms with Crippen LogP contribution < -0.4 is 19.5 Å². The molecule has 204 valence electrons. The molecule has 1 saturated carbocycles. The van der Waals surface area contributed by atoms with E-state index in [1.165, 1.54) is 25.3 Å². The number of amides is 1. The minimum atomic E-state index is -1.46. The minimum absolute atomic E-state index is 0.0484. The van der Waals surface area contributed by atoms with E-state index < -0.39 is 17.3 Å². The maximum Gasteiger partial charge on any atom is 0.251 e. The highest BCUT2D eigenvalue weighted by atomic mass is 35.5. The van der Waals surface area contributed by atoms with E-state index in [1.54, 1.807) is 24.3 Å².